The first kappa shape index (κ1) is 11.7. The van der Waals surface area contributed by atoms with Crippen LogP contribution in [-0.2, 0) is 0 Å². The molecule has 0 aliphatic heterocycles. The first-order valence-corrected chi connectivity index (χ1v) is 5.40. The highest BCUT2D eigenvalue weighted by Crippen LogP contribution is 2.19. The highest BCUT2D eigenvalue weighted by molar-refractivity contribution is 9.10. The molecule has 1 unspecified atom stereocenters. The number of hydrogen-bond acceptors (Lipinski definition) is 2. The molecule has 0 bridgehead atoms. The topological polar surface area (TPSA) is 16.1 Å². The molecule has 1 aromatic heterocycles. The van der Waals surface area contributed by atoms with Crippen LogP contribution in [-0.4, -0.2) is 24.0 Å². The Hall–Kier alpha value is -0.350. The fourth-order valence-electron chi connectivity index (χ4n) is 1.15. The molecule has 1 atom stereocenters. The Kier molecular flexibility index (Phi) is 4.13. The summed E-state index contributed by atoms with van der Waals surface area (Å²) in [4.78, 5) is 5.67. The minimum absolute atomic E-state index is 0.0372. The number of alkyl halides is 1. The van der Waals surface area contributed by atoms with Crippen LogP contribution >= 0.6 is 27.5 Å². The third-order valence-electron chi connectivity index (χ3n) is 1.68. The van der Waals surface area contributed by atoms with Crippen LogP contribution in [0.3, 0.4) is 0 Å². The largest absolute Gasteiger partial charge is 0.356 e. The minimum atomic E-state index is -0.348. The predicted octanol–water partition coefficient (Wildman–Crippen LogP) is 3.05. The van der Waals surface area contributed by atoms with E-state index in [0.29, 0.717) is 16.8 Å². The van der Waals surface area contributed by atoms with Gasteiger partial charge in [0.2, 0.25) is 0 Å². The summed E-state index contributed by atoms with van der Waals surface area (Å²) in [7, 11) is 1.76. The molecule has 1 aromatic rings. The van der Waals surface area contributed by atoms with Crippen molar-refractivity contribution in [2.45, 2.75) is 12.3 Å². The maximum absolute atomic E-state index is 13.4. The van der Waals surface area contributed by atoms with Crippen molar-refractivity contribution in [2.75, 3.05) is 18.5 Å². The molecule has 1 rings (SSSR count). The molecule has 1 heterocycles. The van der Waals surface area contributed by atoms with Gasteiger partial charge < -0.3 is 4.90 Å². The molecule has 0 fully saturated rings. The number of pyridine rings is 1. The fourth-order valence-corrected chi connectivity index (χ4v) is 1.66. The van der Waals surface area contributed by atoms with Gasteiger partial charge in [0.05, 0.1) is 0 Å². The summed E-state index contributed by atoms with van der Waals surface area (Å²) in [6.07, 6.45) is 1.56. The normalized spacial score (nSPS) is 12.6. The van der Waals surface area contributed by atoms with E-state index in [1.807, 2.05) is 6.92 Å². The van der Waals surface area contributed by atoms with Gasteiger partial charge in [-0.3, -0.25) is 0 Å². The minimum Gasteiger partial charge on any atom is -0.356 e. The van der Waals surface area contributed by atoms with Crippen molar-refractivity contribution in [2.24, 2.45) is 0 Å². The van der Waals surface area contributed by atoms with Crippen LogP contribution in [0.2, 0.25) is 0 Å². The van der Waals surface area contributed by atoms with E-state index in [9.17, 15) is 4.39 Å². The number of nitrogens with zero attached hydrogens (tertiary/aromatic N) is 2. The molecule has 0 aliphatic rings. The van der Waals surface area contributed by atoms with Gasteiger partial charge in [-0.25, -0.2) is 9.37 Å². The van der Waals surface area contributed by atoms with E-state index in [4.69, 9.17) is 11.6 Å². The highest BCUT2D eigenvalue weighted by atomic mass is 79.9. The fraction of sp³-hybridized carbons (Fsp3) is 0.444. The summed E-state index contributed by atoms with van der Waals surface area (Å²) in [6.45, 7) is 2.42. The quantitative estimate of drug-likeness (QED) is 0.792. The molecular weight excluding hydrogens is 270 g/mol. The molecular formula is C9H11BrClFN2. The van der Waals surface area contributed by atoms with Crippen LogP contribution in [0.1, 0.15) is 6.92 Å². The second kappa shape index (κ2) is 4.94. The van der Waals surface area contributed by atoms with Crippen LogP contribution in [0.25, 0.3) is 0 Å². The molecule has 0 radical (unpaired) electrons. The molecule has 0 spiro atoms. The lowest BCUT2D eigenvalue weighted by molar-refractivity contribution is 0.613. The molecule has 0 saturated carbocycles. The summed E-state index contributed by atoms with van der Waals surface area (Å²) in [5.41, 5.74) is 0. The van der Waals surface area contributed by atoms with Crippen molar-refractivity contribution in [3.8, 4) is 0 Å². The van der Waals surface area contributed by atoms with Gasteiger partial charge in [0.25, 0.3) is 0 Å². The van der Waals surface area contributed by atoms with Gasteiger partial charge >= 0.3 is 0 Å². The molecule has 2 nitrogen and oxygen atoms in total. The summed E-state index contributed by atoms with van der Waals surface area (Å²) < 4.78 is 14.0. The van der Waals surface area contributed by atoms with Crippen molar-refractivity contribution in [1.82, 2.24) is 4.98 Å². The van der Waals surface area contributed by atoms with Crippen molar-refractivity contribution < 1.29 is 4.39 Å². The van der Waals surface area contributed by atoms with Crippen molar-refractivity contribution in [3.05, 3.63) is 22.6 Å². The van der Waals surface area contributed by atoms with E-state index >= 15 is 0 Å². The molecule has 0 saturated heterocycles. The van der Waals surface area contributed by atoms with Crippen LogP contribution in [0.15, 0.2) is 16.7 Å². The van der Waals surface area contributed by atoms with Gasteiger partial charge in [-0.05, 0) is 28.9 Å². The summed E-state index contributed by atoms with van der Waals surface area (Å²) >= 11 is 8.95. The Morgan fingerprint density at radius 3 is 2.86 bits per heavy atom. The van der Waals surface area contributed by atoms with Crippen molar-refractivity contribution >= 4 is 33.3 Å². The van der Waals surface area contributed by atoms with Crippen LogP contribution in [0, 0.1) is 5.82 Å². The van der Waals surface area contributed by atoms with E-state index in [1.165, 1.54) is 6.07 Å². The molecule has 0 aliphatic carbocycles. The molecule has 78 valence electrons. The van der Waals surface area contributed by atoms with Gasteiger partial charge in [0.15, 0.2) is 11.6 Å². The highest BCUT2D eigenvalue weighted by Gasteiger charge is 2.11. The zero-order chi connectivity index (χ0) is 10.7. The zero-order valence-corrected chi connectivity index (χ0v) is 10.3. The Bertz CT molecular complexity index is 320. The van der Waals surface area contributed by atoms with E-state index in [2.05, 4.69) is 20.9 Å². The second-order valence-corrected chi connectivity index (χ2v) is 4.78. The average molecular weight is 282 g/mol. The van der Waals surface area contributed by atoms with Crippen LogP contribution in [0.4, 0.5) is 10.2 Å². The SMILES string of the molecule is CC(Cl)CN(C)c1ncc(Br)cc1F. The second-order valence-electron chi connectivity index (χ2n) is 3.12. The molecule has 0 aromatic carbocycles. The lowest BCUT2D eigenvalue weighted by Crippen LogP contribution is -2.25. The Morgan fingerprint density at radius 2 is 2.36 bits per heavy atom. The molecule has 0 N–H and O–H groups in total. The van der Waals surface area contributed by atoms with E-state index in [-0.39, 0.29) is 11.2 Å². The number of anilines is 1. The third-order valence-corrected chi connectivity index (χ3v) is 2.25. The maximum Gasteiger partial charge on any atom is 0.166 e. The first-order chi connectivity index (χ1) is 6.50. The summed E-state index contributed by atoms with van der Waals surface area (Å²) in [6, 6.07) is 1.39. The zero-order valence-electron chi connectivity index (χ0n) is 7.97. The number of aromatic nitrogens is 1. The summed E-state index contributed by atoms with van der Waals surface area (Å²) in [5, 5.41) is -0.0372. The summed E-state index contributed by atoms with van der Waals surface area (Å²) in [5.74, 6) is -0.0279. The monoisotopic (exact) mass is 280 g/mol. The van der Waals surface area contributed by atoms with Gasteiger partial charge in [-0.15, -0.1) is 11.6 Å². The Balaban J connectivity index is 2.84. The van der Waals surface area contributed by atoms with E-state index in [1.54, 1.807) is 18.1 Å². The van der Waals surface area contributed by atoms with E-state index in [0.717, 1.165) is 0 Å². The Morgan fingerprint density at radius 1 is 1.71 bits per heavy atom. The smallest absolute Gasteiger partial charge is 0.166 e. The van der Waals surface area contributed by atoms with Gasteiger partial charge in [0, 0.05) is 29.6 Å². The average Bonchev–Trinajstić information content (AvgIpc) is 2.01. The third kappa shape index (κ3) is 3.10. The predicted molar refractivity (Wildman–Crippen MR) is 60.5 cm³/mol. The maximum atomic E-state index is 13.4. The van der Waals surface area contributed by atoms with E-state index < -0.39 is 0 Å². The molecule has 5 heteroatoms. The number of halogens is 3. The lowest BCUT2D eigenvalue weighted by atomic mass is 10.4. The van der Waals surface area contributed by atoms with Gasteiger partial charge in [-0.2, -0.15) is 0 Å². The van der Waals surface area contributed by atoms with Crippen molar-refractivity contribution in [1.29, 1.82) is 0 Å². The van der Waals surface area contributed by atoms with Crippen LogP contribution in [0.5, 0.6) is 0 Å². The molecule has 0 amide bonds. The van der Waals surface area contributed by atoms with Gasteiger partial charge in [0.1, 0.15) is 0 Å². The lowest BCUT2D eigenvalue weighted by Gasteiger charge is -2.19. The van der Waals surface area contributed by atoms with Gasteiger partial charge in [-0.1, -0.05) is 0 Å². The number of hydrogen-bond donors (Lipinski definition) is 0. The number of rotatable bonds is 3. The standard InChI is InChI=1S/C9H11BrClFN2/c1-6(11)5-14(2)9-8(12)3-7(10)4-13-9/h3-4,6H,5H2,1-2H3. The van der Waals surface area contributed by atoms with Crippen molar-refractivity contribution in [3.63, 3.8) is 0 Å². The molecule has 14 heavy (non-hydrogen) atoms. The first-order valence-electron chi connectivity index (χ1n) is 4.17. The Labute approximate surface area is 96.2 Å². The van der Waals surface area contributed by atoms with Crippen LogP contribution < -0.4 is 4.90 Å².